The first-order chi connectivity index (χ1) is 14.3. The molecule has 1 aliphatic heterocycles. The highest BCUT2D eigenvalue weighted by atomic mass is 16.5. The number of hydrogen-bond donors (Lipinski definition) is 1. The number of nitrogens with zero attached hydrogens (tertiary/aromatic N) is 3. The zero-order valence-electron chi connectivity index (χ0n) is 17.7. The number of likely N-dealkylation sites (N-methyl/N-ethyl adjacent to an activating group) is 1. The van der Waals surface area contributed by atoms with Crippen molar-refractivity contribution in [2.24, 2.45) is 0 Å². The predicted octanol–water partition coefficient (Wildman–Crippen LogP) is 2.85. The number of benzene rings is 1. The Kier molecular flexibility index (Phi) is 6.52. The van der Waals surface area contributed by atoms with Gasteiger partial charge in [0.2, 0.25) is 0 Å². The van der Waals surface area contributed by atoms with Gasteiger partial charge in [0, 0.05) is 31.0 Å². The van der Waals surface area contributed by atoms with Crippen LogP contribution in [0.25, 0.3) is 5.76 Å². The third-order valence-corrected chi connectivity index (χ3v) is 4.83. The van der Waals surface area contributed by atoms with Crippen molar-refractivity contribution in [3.05, 3.63) is 65.5 Å². The van der Waals surface area contributed by atoms with Crippen LogP contribution in [-0.2, 0) is 9.59 Å². The Morgan fingerprint density at radius 1 is 1.20 bits per heavy atom. The SMILES string of the molecule is CC(C)Oc1ccc(C(O)=C2C(=O)C(=O)N(CCN(C)C)[C@H]2c2cccnc2)cc1. The molecule has 1 aliphatic rings. The highest BCUT2D eigenvalue weighted by Gasteiger charge is 2.45. The van der Waals surface area contributed by atoms with Gasteiger partial charge >= 0.3 is 0 Å². The van der Waals surface area contributed by atoms with Crippen molar-refractivity contribution >= 4 is 17.4 Å². The number of likely N-dealkylation sites (tertiary alicyclic amines) is 1. The highest BCUT2D eigenvalue weighted by molar-refractivity contribution is 6.46. The fourth-order valence-electron chi connectivity index (χ4n) is 3.42. The molecule has 0 saturated carbocycles. The van der Waals surface area contributed by atoms with E-state index in [0.717, 1.165) is 0 Å². The summed E-state index contributed by atoms with van der Waals surface area (Å²) in [5.74, 6) is -0.850. The number of carbonyl (C=O) groups is 2. The third kappa shape index (κ3) is 4.52. The summed E-state index contributed by atoms with van der Waals surface area (Å²) in [6, 6.07) is 9.69. The number of Topliss-reactive ketones (excluding diaryl/α,β-unsaturated/α-hetero) is 1. The largest absolute Gasteiger partial charge is 0.507 e. The zero-order valence-corrected chi connectivity index (χ0v) is 17.7. The second kappa shape index (κ2) is 9.09. The highest BCUT2D eigenvalue weighted by Crippen LogP contribution is 2.39. The molecule has 1 aromatic heterocycles. The van der Waals surface area contributed by atoms with Crippen LogP contribution in [-0.4, -0.2) is 64.9 Å². The van der Waals surface area contributed by atoms with Crippen molar-refractivity contribution in [2.75, 3.05) is 27.2 Å². The van der Waals surface area contributed by atoms with Crippen molar-refractivity contribution in [3.63, 3.8) is 0 Å². The van der Waals surface area contributed by atoms with Gasteiger partial charge in [0.15, 0.2) is 0 Å². The number of amides is 1. The normalized spacial score (nSPS) is 18.5. The molecule has 1 N–H and O–H groups in total. The lowest BCUT2D eigenvalue weighted by atomic mass is 9.96. The quantitative estimate of drug-likeness (QED) is 0.430. The lowest BCUT2D eigenvalue weighted by Gasteiger charge is -2.26. The van der Waals surface area contributed by atoms with Gasteiger partial charge in [-0.1, -0.05) is 6.07 Å². The molecule has 1 atom stereocenters. The smallest absolute Gasteiger partial charge is 0.295 e. The number of hydrogen-bond acceptors (Lipinski definition) is 6. The molecule has 0 spiro atoms. The number of aromatic nitrogens is 1. The van der Waals surface area contributed by atoms with Gasteiger partial charge in [-0.25, -0.2) is 0 Å². The number of ketones is 1. The molecule has 1 aromatic carbocycles. The van der Waals surface area contributed by atoms with Crippen molar-refractivity contribution in [2.45, 2.75) is 26.0 Å². The van der Waals surface area contributed by atoms with Crippen LogP contribution in [0.5, 0.6) is 5.75 Å². The van der Waals surface area contributed by atoms with Crippen molar-refractivity contribution in [1.82, 2.24) is 14.8 Å². The zero-order chi connectivity index (χ0) is 21.8. The maximum atomic E-state index is 12.9. The Morgan fingerprint density at radius 3 is 2.47 bits per heavy atom. The third-order valence-electron chi connectivity index (χ3n) is 4.83. The van der Waals surface area contributed by atoms with E-state index in [1.165, 1.54) is 4.90 Å². The van der Waals surface area contributed by atoms with Crippen LogP contribution < -0.4 is 4.74 Å². The van der Waals surface area contributed by atoms with Gasteiger partial charge in [0.05, 0.1) is 17.7 Å². The summed E-state index contributed by atoms with van der Waals surface area (Å²) in [6.45, 7) is 4.80. The summed E-state index contributed by atoms with van der Waals surface area (Å²) >= 11 is 0. The van der Waals surface area contributed by atoms with E-state index in [9.17, 15) is 14.7 Å². The van der Waals surface area contributed by atoms with Crippen molar-refractivity contribution in [3.8, 4) is 5.75 Å². The fourth-order valence-corrected chi connectivity index (χ4v) is 3.42. The molecule has 7 nitrogen and oxygen atoms in total. The standard InChI is InChI=1S/C23H27N3O4/c1-15(2)30-18-9-7-16(8-10-18)21(27)19-20(17-6-5-11-24-14-17)26(13-12-25(3)4)23(29)22(19)28/h5-11,14-15,20,27H,12-13H2,1-4H3/t20-/m0/s1. The Bertz CT molecular complexity index is 937. The molecule has 0 bridgehead atoms. The first-order valence-corrected chi connectivity index (χ1v) is 9.89. The monoisotopic (exact) mass is 409 g/mol. The molecule has 0 aliphatic carbocycles. The van der Waals surface area contributed by atoms with E-state index >= 15 is 0 Å². The molecule has 2 aromatic rings. The molecule has 7 heteroatoms. The summed E-state index contributed by atoms with van der Waals surface area (Å²) in [5.41, 5.74) is 1.20. The second-order valence-corrected chi connectivity index (χ2v) is 7.77. The van der Waals surface area contributed by atoms with Gasteiger partial charge in [-0.15, -0.1) is 0 Å². The molecule has 1 saturated heterocycles. The van der Waals surface area contributed by atoms with Crippen molar-refractivity contribution in [1.29, 1.82) is 0 Å². The molecule has 0 radical (unpaired) electrons. The van der Waals surface area contributed by atoms with Gasteiger partial charge in [-0.2, -0.15) is 0 Å². The number of pyridine rings is 1. The maximum absolute atomic E-state index is 12.9. The van der Waals surface area contributed by atoms with E-state index in [2.05, 4.69) is 4.98 Å². The maximum Gasteiger partial charge on any atom is 0.295 e. The second-order valence-electron chi connectivity index (χ2n) is 7.77. The van der Waals surface area contributed by atoms with Crippen LogP contribution in [0.2, 0.25) is 0 Å². The first kappa shape index (κ1) is 21.5. The molecule has 30 heavy (non-hydrogen) atoms. The Balaban J connectivity index is 2.05. The molecule has 0 unspecified atom stereocenters. The van der Waals surface area contributed by atoms with Crippen LogP contribution in [0.4, 0.5) is 0 Å². The Labute approximate surface area is 176 Å². The summed E-state index contributed by atoms with van der Waals surface area (Å²) in [7, 11) is 3.80. The number of rotatable bonds is 7. The molecule has 3 rings (SSSR count). The van der Waals surface area contributed by atoms with Gasteiger partial charge < -0.3 is 19.6 Å². The lowest BCUT2D eigenvalue weighted by Crippen LogP contribution is -2.35. The van der Waals surface area contributed by atoms with Crippen LogP contribution in [0.1, 0.15) is 31.0 Å². The average Bonchev–Trinajstić information content (AvgIpc) is 2.97. The van der Waals surface area contributed by atoms with Crippen molar-refractivity contribution < 1.29 is 19.4 Å². The van der Waals surface area contributed by atoms with E-state index in [4.69, 9.17) is 4.74 Å². The Hall–Kier alpha value is -3.19. The van der Waals surface area contributed by atoms with E-state index in [1.807, 2.05) is 32.8 Å². The predicted molar refractivity (Wildman–Crippen MR) is 114 cm³/mol. The molecule has 1 amide bonds. The van der Waals surface area contributed by atoms with Gasteiger partial charge in [0.25, 0.3) is 11.7 Å². The minimum Gasteiger partial charge on any atom is -0.507 e. The van der Waals surface area contributed by atoms with Crippen LogP contribution >= 0.6 is 0 Å². The summed E-state index contributed by atoms with van der Waals surface area (Å²) in [6.07, 6.45) is 3.27. The van der Waals surface area contributed by atoms with Gasteiger partial charge in [-0.05, 0) is 63.8 Å². The molecule has 1 fully saturated rings. The van der Waals surface area contributed by atoms with E-state index in [1.54, 1.807) is 48.8 Å². The fraction of sp³-hybridized carbons (Fsp3) is 0.348. The molecule has 2 heterocycles. The molecule has 158 valence electrons. The summed E-state index contributed by atoms with van der Waals surface area (Å²) in [4.78, 5) is 33.3. The van der Waals surface area contributed by atoms with Crippen LogP contribution in [0.3, 0.4) is 0 Å². The number of aliphatic hydroxyl groups excluding tert-OH is 1. The molecular weight excluding hydrogens is 382 g/mol. The van der Waals surface area contributed by atoms with E-state index < -0.39 is 17.7 Å². The summed E-state index contributed by atoms with van der Waals surface area (Å²) < 4.78 is 5.63. The van der Waals surface area contributed by atoms with Gasteiger partial charge in [-0.3, -0.25) is 14.6 Å². The number of ether oxygens (including phenoxy) is 1. The topological polar surface area (TPSA) is 83.0 Å². The minimum atomic E-state index is -0.692. The first-order valence-electron chi connectivity index (χ1n) is 9.89. The lowest BCUT2D eigenvalue weighted by molar-refractivity contribution is -0.140. The van der Waals surface area contributed by atoms with Gasteiger partial charge in [0.1, 0.15) is 11.5 Å². The minimum absolute atomic E-state index is 0.0250. The number of carbonyl (C=O) groups excluding carboxylic acids is 2. The van der Waals surface area contributed by atoms with Crippen LogP contribution in [0.15, 0.2) is 54.4 Å². The number of aliphatic hydroxyl groups is 1. The Morgan fingerprint density at radius 2 is 1.90 bits per heavy atom. The molecular formula is C23H27N3O4. The summed E-state index contributed by atoms with van der Waals surface area (Å²) in [5, 5.41) is 11.0. The van der Waals surface area contributed by atoms with Crippen LogP contribution in [0, 0.1) is 0 Å². The van der Waals surface area contributed by atoms with E-state index in [0.29, 0.717) is 30.0 Å². The average molecular weight is 409 g/mol. The van der Waals surface area contributed by atoms with E-state index in [-0.39, 0.29) is 17.4 Å².